The number of nitrogens with one attached hydrogen (secondary N) is 2. The van der Waals surface area contributed by atoms with Crippen molar-refractivity contribution in [3.05, 3.63) is 59.2 Å². The Morgan fingerprint density at radius 1 is 1.24 bits per heavy atom. The van der Waals surface area contributed by atoms with Crippen molar-refractivity contribution in [3.8, 4) is 5.75 Å². The maximum Gasteiger partial charge on any atom is 0.251 e. The third-order valence-corrected chi connectivity index (χ3v) is 4.22. The minimum absolute atomic E-state index is 0.00712. The number of methoxy groups -OCH3 is 1. The van der Waals surface area contributed by atoms with Crippen LogP contribution in [0.5, 0.6) is 5.75 Å². The summed E-state index contributed by atoms with van der Waals surface area (Å²) in [6.45, 7) is 0.110. The van der Waals surface area contributed by atoms with Crippen molar-refractivity contribution < 1.29 is 19.4 Å². The Labute approximate surface area is 145 Å². The lowest BCUT2D eigenvalue weighted by molar-refractivity contribution is -0.116. The average molecular weight is 340 g/mol. The number of ether oxygens (including phenoxy) is 1. The number of aryl methyl sites for hydroxylation is 1. The normalized spacial score (nSPS) is 14.2. The molecule has 1 aliphatic heterocycles. The molecule has 0 aromatic heterocycles. The Morgan fingerprint density at radius 2 is 2.00 bits per heavy atom. The number of hydrogen-bond donors (Lipinski definition) is 3. The van der Waals surface area contributed by atoms with Gasteiger partial charge in [-0.15, -0.1) is 0 Å². The van der Waals surface area contributed by atoms with Crippen molar-refractivity contribution in [1.29, 1.82) is 0 Å². The van der Waals surface area contributed by atoms with Crippen LogP contribution in [0.25, 0.3) is 0 Å². The zero-order valence-corrected chi connectivity index (χ0v) is 13.9. The zero-order valence-electron chi connectivity index (χ0n) is 13.9. The molecule has 2 aromatic carbocycles. The van der Waals surface area contributed by atoms with Crippen LogP contribution in [0.3, 0.4) is 0 Å². The van der Waals surface area contributed by atoms with Crippen LogP contribution < -0.4 is 15.4 Å². The number of rotatable bonds is 5. The molecule has 1 atom stereocenters. The third-order valence-electron chi connectivity index (χ3n) is 4.22. The van der Waals surface area contributed by atoms with Crippen LogP contribution in [0, 0.1) is 0 Å². The molecule has 0 bridgehead atoms. The second kappa shape index (κ2) is 7.36. The fraction of sp³-hybridized carbons (Fsp3) is 0.263. The van der Waals surface area contributed by atoms with Gasteiger partial charge in [0.25, 0.3) is 5.91 Å². The molecule has 0 radical (unpaired) electrons. The van der Waals surface area contributed by atoms with Gasteiger partial charge in [-0.25, -0.2) is 0 Å². The first kappa shape index (κ1) is 17.0. The van der Waals surface area contributed by atoms with Gasteiger partial charge in [-0.2, -0.15) is 0 Å². The standard InChI is InChI=1S/C19H20N2O4/c1-25-15-6-2-12(3-7-15)17(22)11-20-19(24)14-4-8-16-13(10-14)5-9-18(23)21-16/h2-4,6-8,10,17,22H,5,9,11H2,1H3,(H,20,24)(H,21,23)/t17-/m0/s1. The molecule has 2 amide bonds. The summed E-state index contributed by atoms with van der Waals surface area (Å²) in [5.74, 6) is 0.445. The van der Waals surface area contributed by atoms with Crippen molar-refractivity contribution >= 4 is 17.5 Å². The smallest absolute Gasteiger partial charge is 0.251 e. The predicted molar refractivity (Wildman–Crippen MR) is 93.7 cm³/mol. The number of anilines is 1. The summed E-state index contributed by atoms with van der Waals surface area (Å²) >= 11 is 0. The molecule has 0 saturated heterocycles. The number of aliphatic hydroxyl groups excluding tert-OH is 1. The summed E-state index contributed by atoms with van der Waals surface area (Å²) in [6, 6.07) is 12.2. The lowest BCUT2D eigenvalue weighted by atomic mass is 10.00. The SMILES string of the molecule is COc1ccc([C@@H](O)CNC(=O)c2ccc3c(c2)CCC(=O)N3)cc1. The van der Waals surface area contributed by atoms with Crippen LogP contribution in [-0.4, -0.2) is 30.6 Å². The maximum absolute atomic E-state index is 12.3. The van der Waals surface area contributed by atoms with E-state index in [9.17, 15) is 14.7 Å². The average Bonchev–Trinajstić information content (AvgIpc) is 2.65. The van der Waals surface area contributed by atoms with Gasteiger partial charge in [0.05, 0.1) is 13.2 Å². The van der Waals surface area contributed by atoms with Gasteiger partial charge in [-0.3, -0.25) is 9.59 Å². The van der Waals surface area contributed by atoms with E-state index in [0.717, 1.165) is 11.3 Å². The zero-order chi connectivity index (χ0) is 17.8. The summed E-state index contributed by atoms with van der Waals surface area (Å²) in [7, 11) is 1.58. The number of carbonyl (C=O) groups excluding carboxylic acids is 2. The highest BCUT2D eigenvalue weighted by atomic mass is 16.5. The molecule has 6 nitrogen and oxygen atoms in total. The number of aliphatic hydroxyl groups is 1. The number of fused-ring (bicyclic) bond motifs is 1. The molecule has 3 rings (SSSR count). The fourth-order valence-corrected chi connectivity index (χ4v) is 2.76. The van der Waals surface area contributed by atoms with Gasteiger partial charge in [0.2, 0.25) is 5.91 Å². The van der Waals surface area contributed by atoms with E-state index in [4.69, 9.17) is 4.74 Å². The quantitative estimate of drug-likeness (QED) is 0.777. The van der Waals surface area contributed by atoms with Crippen molar-refractivity contribution in [2.24, 2.45) is 0 Å². The molecule has 3 N–H and O–H groups in total. The molecule has 0 saturated carbocycles. The second-order valence-corrected chi connectivity index (χ2v) is 5.92. The van der Waals surface area contributed by atoms with E-state index in [-0.39, 0.29) is 18.4 Å². The summed E-state index contributed by atoms with van der Waals surface area (Å²) in [6.07, 6.45) is 0.247. The third kappa shape index (κ3) is 3.97. The monoisotopic (exact) mass is 340 g/mol. The summed E-state index contributed by atoms with van der Waals surface area (Å²) < 4.78 is 5.08. The van der Waals surface area contributed by atoms with Crippen LogP contribution >= 0.6 is 0 Å². The molecular weight excluding hydrogens is 320 g/mol. The molecule has 2 aromatic rings. The predicted octanol–water partition coefficient (Wildman–Crippen LogP) is 2.04. The van der Waals surface area contributed by atoms with Crippen LogP contribution in [0.4, 0.5) is 5.69 Å². The van der Waals surface area contributed by atoms with E-state index in [1.807, 2.05) is 0 Å². The molecule has 6 heteroatoms. The summed E-state index contributed by atoms with van der Waals surface area (Å²) in [5, 5.41) is 15.7. The first-order valence-corrected chi connectivity index (χ1v) is 8.10. The summed E-state index contributed by atoms with van der Waals surface area (Å²) in [5.41, 5.74) is 2.92. The van der Waals surface area contributed by atoms with Crippen molar-refractivity contribution in [2.45, 2.75) is 18.9 Å². The van der Waals surface area contributed by atoms with Gasteiger partial charge in [0.15, 0.2) is 0 Å². The molecule has 0 spiro atoms. The van der Waals surface area contributed by atoms with E-state index >= 15 is 0 Å². The van der Waals surface area contributed by atoms with Crippen LogP contribution in [0.15, 0.2) is 42.5 Å². The van der Waals surface area contributed by atoms with Gasteiger partial charge in [0.1, 0.15) is 5.75 Å². The van der Waals surface area contributed by atoms with Crippen molar-refractivity contribution in [3.63, 3.8) is 0 Å². The minimum atomic E-state index is -0.799. The van der Waals surface area contributed by atoms with Gasteiger partial charge in [-0.05, 0) is 47.9 Å². The first-order valence-electron chi connectivity index (χ1n) is 8.10. The van der Waals surface area contributed by atoms with Crippen molar-refractivity contribution in [2.75, 3.05) is 19.0 Å². The van der Waals surface area contributed by atoms with Crippen molar-refractivity contribution in [1.82, 2.24) is 5.32 Å². The fourth-order valence-electron chi connectivity index (χ4n) is 2.76. The first-order chi connectivity index (χ1) is 12.1. The second-order valence-electron chi connectivity index (χ2n) is 5.92. The Kier molecular flexibility index (Phi) is 5.00. The highest BCUT2D eigenvalue weighted by Crippen LogP contribution is 2.23. The maximum atomic E-state index is 12.3. The minimum Gasteiger partial charge on any atom is -0.497 e. The molecule has 0 unspecified atom stereocenters. The molecule has 0 aliphatic carbocycles. The lowest BCUT2D eigenvalue weighted by Crippen LogP contribution is -2.28. The molecular formula is C19H20N2O4. The van der Waals surface area contributed by atoms with E-state index in [1.54, 1.807) is 49.6 Å². The Balaban J connectivity index is 1.61. The number of benzene rings is 2. The largest absolute Gasteiger partial charge is 0.497 e. The molecule has 0 fully saturated rings. The van der Waals surface area contributed by atoms with Gasteiger partial charge in [0, 0.05) is 24.2 Å². The molecule has 130 valence electrons. The van der Waals surface area contributed by atoms with E-state index in [1.165, 1.54) is 0 Å². The summed E-state index contributed by atoms with van der Waals surface area (Å²) in [4.78, 5) is 23.7. The van der Waals surface area contributed by atoms with Crippen LogP contribution in [0.1, 0.15) is 34.0 Å². The molecule has 1 aliphatic rings. The Morgan fingerprint density at radius 3 is 2.72 bits per heavy atom. The van der Waals surface area contributed by atoms with Gasteiger partial charge < -0.3 is 20.5 Å². The highest BCUT2D eigenvalue weighted by molar-refractivity contribution is 5.97. The van der Waals surface area contributed by atoms with E-state index < -0.39 is 6.10 Å². The lowest BCUT2D eigenvalue weighted by Gasteiger charge is -2.18. The topological polar surface area (TPSA) is 87.7 Å². The van der Waals surface area contributed by atoms with E-state index in [2.05, 4.69) is 10.6 Å². The van der Waals surface area contributed by atoms with Crippen LogP contribution in [0.2, 0.25) is 0 Å². The number of carbonyl (C=O) groups is 2. The van der Waals surface area contributed by atoms with Gasteiger partial charge in [-0.1, -0.05) is 12.1 Å². The molecule has 25 heavy (non-hydrogen) atoms. The highest BCUT2D eigenvalue weighted by Gasteiger charge is 2.17. The Hall–Kier alpha value is -2.86. The molecule has 1 heterocycles. The Bertz CT molecular complexity index is 787. The number of hydrogen-bond acceptors (Lipinski definition) is 4. The van der Waals surface area contributed by atoms with Gasteiger partial charge >= 0.3 is 0 Å². The van der Waals surface area contributed by atoms with E-state index in [0.29, 0.717) is 29.7 Å². The van der Waals surface area contributed by atoms with Crippen LogP contribution in [-0.2, 0) is 11.2 Å². The number of amides is 2.